The van der Waals surface area contributed by atoms with Crippen molar-refractivity contribution in [2.75, 3.05) is 5.32 Å². The standard InChI is InChI=1S/C14H11BrN2O3S/c15-12-5-3-11(21-12)4-6-13(18)17-10-2-1-9(16-8-10)7-14(19)20/h1-6,8H,7H2,(H,17,18)(H,19,20)/b6-4+. The van der Waals surface area contributed by atoms with E-state index in [1.165, 1.54) is 23.6 Å². The van der Waals surface area contributed by atoms with Gasteiger partial charge < -0.3 is 10.4 Å². The number of nitrogens with zero attached hydrogens (tertiary/aromatic N) is 1. The number of amides is 1. The third-order valence-corrected chi connectivity index (χ3v) is 4.01. The Kier molecular flexibility index (Phi) is 5.24. The lowest BCUT2D eigenvalue weighted by atomic mass is 10.2. The van der Waals surface area contributed by atoms with Gasteiger partial charge in [0.2, 0.25) is 5.91 Å². The third-order valence-electron chi connectivity index (χ3n) is 2.42. The number of carboxylic acids is 1. The number of halogens is 1. The molecule has 0 aromatic carbocycles. The second kappa shape index (κ2) is 7.14. The van der Waals surface area contributed by atoms with Gasteiger partial charge >= 0.3 is 5.97 Å². The first kappa shape index (κ1) is 15.4. The number of carbonyl (C=O) groups is 2. The van der Waals surface area contributed by atoms with Gasteiger partial charge in [0.15, 0.2) is 0 Å². The molecule has 7 heteroatoms. The highest BCUT2D eigenvalue weighted by atomic mass is 79.9. The summed E-state index contributed by atoms with van der Waals surface area (Å²) in [6.45, 7) is 0. The van der Waals surface area contributed by atoms with Crippen molar-refractivity contribution in [2.24, 2.45) is 0 Å². The highest BCUT2D eigenvalue weighted by Crippen LogP contribution is 2.23. The lowest BCUT2D eigenvalue weighted by molar-refractivity contribution is -0.136. The number of hydrogen-bond donors (Lipinski definition) is 2. The second-order valence-corrected chi connectivity index (χ2v) is 6.57. The molecule has 1 amide bonds. The molecule has 2 rings (SSSR count). The lowest BCUT2D eigenvalue weighted by Crippen LogP contribution is -2.08. The molecule has 0 atom stereocenters. The molecular formula is C14H11BrN2O3S. The maximum Gasteiger partial charge on any atom is 0.309 e. The molecule has 0 spiro atoms. The zero-order valence-corrected chi connectivity index (χ0v) is 13.1. The number of thiophene rings is 1. The molecule has 2 heterocycles. The summed E-state index contributed by atoms with van der Waals surface area (Å²) in [5.74, 6) is -1.21. The minimum atomic E-state index is -0.940. The minimum absolute atomic E-state index is 0.138. The zero-order valence-electron chi connectivity index (χ0n) is 10.7. The van der Waals surface area contributed by atoms with E-state index >= 15 is 0 Å². The topological polar surface area (TPSA) is 79.3 Å². The summed E-state index contributed by atoms with van der Waals surface area (Å²) >= 11 is 4.88. The van der Waals surface area contributed by atoms with Gasteiger partial charge in [0, 0.05) is 11.0 Å². The summed E-state index contributed by atoms with van der Waals surface area (Å²) in [7, 11) is 0. The average Bonchev–Trinajstić information content (AvgIpc) is 2.84. The Morgan fingerprint density at radius 2 is 2.14 bits per heavy atom. The van der Waals surface area contributed by atoms with Gasteiger partial charge in [-0.05, 0) is 46.3 Å². The van der Waals surface area contributed by atoms with Gasteiger partial charge in [0.1, 0.15) is 0 Å². The number of anilines is 1. The van der Waals surface area contributed by atoms with Crippen LogP contribution in [0.15, 0.2) is 40.3 Å². The van der Waals surface area contributed by atoms with Crippen molar-refractivity contribution < 1.29 is 14.7 Å². The Morgan fingerprint density at radius 3 is 2.71 bits per heavy atom. The summed E-state index contributed by atoms with van der Waals surface area (Å²) < 4.78 is 1.00. The molecule has 0 aliphatic heterocycles. The Labute approximate surface area is 133 Å². The van der Waals surface area contributed by atoms with E-state index < -0.39 is 5.97 Å². The van der Waals surface area contributed by atoms with Gasteiger partial charge in [-0.25, -0.2) is 0 Å². The Morgan fingerprint density at radius 1 is 1.33 bits per heavy atom. The van der Waals surface area contributed by atoms with E-state index in [0.29, 0.717) is 11.4 Å². The van der Waals surface area contributed by atoms with Gasteiger partial charge in [-0.3, -0.25) is 14.6 Å². The Bertz CT molecular complexity index is 680. The van der Waals surface area contributed by atoms with E-state index in [4.69, 9.17) is 5.11 Å². The fourth-order valence-electron chi connectivity index (χ4n) is 1.52. The van der Waals surface area contributed by atoms with Crippen molar-refractivity contribution in [1.29, 1.82) is 0 Å². The fourth-order valence-corrected chi connectivity index (χ4v) is 2.84. The summed E-state index contributed by atoms with van der Waals surface area (Å²) in [4.78, 5) is 27.2. The van der Waals surface area contributed by atoms with Gasteiger partial charge in [0.25, 0.3) is 0 Å². The van der Waals surface area contributed by atoms with Gasteiger partial charge in [-0.1, -0.05) is 0 Å². The predicted octanol–water partition coefficient (Wildman–Crippen LogP) is 3.18. The van der Waals surface area contributed by atoms with Crippen molar-refractivity contribution in [3.8, 4) is 0 Å². The maximum atomic E-state index is 11.7. The quantitative estimate of drug-likeness (QED) is 0.796. The molecule has 2 aromatic heterocycles. The van der Waals surface area contributed by atoms with E-state index in [-0.39, 0.29) is 12.3 Å². The Balaban J connectivity index is 1.93. The monoisotopic (exact) mass is 366 g/mol. The molecule has 0 radical (unpaired) electrons. The molecule has 0 fully saturated rings. The number of hydrogen-bond acceptors (Lipinski definition) is 4. The molecule has 0 aliphatic rings. The van der Waals surface area contributed by atoms with Gasteiger partial charge in [-0.2, -0.15) is 0 Å². The van der Waals surface area contributed by atoms with E-state index in [2.05, 4.69) is 26.2 Å². The molecule has 0 aliphatic carbocycles. The molecule has 2 N–H and O–H groups in total. The number of pyridine rings is 1. The molecule has 0 unspecified atom stereocenters. The molecule has 108 valence electrons. The van der Waals surface area contributed by atoms with Gasteiger partial charge in [0.05, 0.1) is 27.8 Å². The maximum absolute atomic E-state index is 11.7. The normalized spacial score (nSPS) is 10.7. The second-order valence-electron chi connectivity index (χ2n) is 4.07. The number of carbonyl (C=O) groups excluding carboxylic acids is 1. The van der Waals surface area contributed by atoms with Crippen LogP contribution in [-0.2, 0) is 16.0 Å². The first-order chi connectivity index (χ1) is 10.0. The van der Waals surface area contributed by atoms with Crippen LogP contribution in [0.4, 0.5) is 5.69 Å². The average molecular weight is 367 g/mol. The summed E-state index contributed by atoms with van der Waals surface area (Å²) in [5.41, 5.74) is 0.964. The van der Waals surface area contributed by atoms with Crippen molar-refractivity contribution in [2.45, 2.75) is 6.42 Å². The minimum Gasteiger partial charge on any atom is -0.481 e. The summed E-state index contributed by atoms with van der Waals surface area (Å²) in [6.07, 6.45) is 4.45. The van der Waals surface area contributed by atoms with Crippen LogP contribution < -0.4 is 5.32 Å². The van der Waals surface area contributed by atoms with Crippen molar-refractivity contribution in [3.05, 3.63) is 50.9 Å². The number of carboxylic acid groups (broad SMARTS) is 1. The molecule has 2 aromatic rings. The molecule has 5 nitrogen and oxygen atoms in total. The summed E-state index contributed by atoms with van der Waals surface area (Å²) in [6, 6.07) is 7.01. The van der Waals surface area contributed by atoms with Crippen LogP contribution >= 0.6 is 27.3 Å². The summed E-state index contributed by atoms with van der Waals surface area (Å²) in [5, 5.41) is 11.3. The van der Waals surface area contributed by atoms with Crippen LogP contribution in [0.5, 0.6) is 0 Å². The van der Waals surface area contributed by atoms with E-state index in [0.717, 1.165) is 8.66 Å². The molecular weight excluding hydrogens is 356 g/mol. The van der Waals surface area contributed by atoms with Crippen LogP contribution in [0.25, 0.3) is 6.08 Å². The van der Waals surface area contributed by atoms with Crippen LogP contribution in [0.3, 0.4) is 0 Å². The molecule has 0 bridgehead atoms. The van der Waals surface area contributed by atoms with E-state index in [1.54, 1.807) is 18.2 Å². The molecule has 0 saturated carbocycles. The number of aromatic nitrogens is 1. The molecule has 0 saturated heterocycles. The number of aliphatic carboxylic acids is 1. The van der Waals surface area contributed by atoms with E-state index in [9.17, 15) is 9.59 Å². The third kappa shape index (κ3) is 5.13. The highest BCUT2D eigenvalue weighted by Gasteiger charge is 2.03. The van der Waals surface area contributed by atoms with Crippen molar-refractivity contribution in [3.63, 3.8) is 0 Å². The SMILES string of the molecule is O=C(O)Cc1ccc(NC(=O)/C=C/c2ccc(Br)s2)cn1. The van der Waals surface area contributed by atoms with Crippen molar-refractivity contribution in [1.82, 2.24) is 4.98 Å². The van der Waals surface area contributed by atoms with Crippen LogP contribution in [0.1, 0.15) is 10.6 Å². The van der Waals surface area contributed by atoms with Gasteiger partial charge in [-0.15, -0.1) is 11.3 Å². The predicted molar refractivity (Wildman–Crippen MR) is 85.3 cm³/mol. The molecule has 21 heavy (non-hydrogen) atoms. The highest BCUT2D eigenvalue weighted by molar-refractivity contribution is 9.11. The van der Waals surface area contributed by atoms with Crippen molar-refractivity contribution >= 4 is 50.9 Å². The number of rotatable bonds is 5. The van der Waals surface area contributed by atoms with Crippen LogP contribution in [0.2, 0.25) is 0 Å². The van der Waals surface area contributed by atoms with E-state index in [1.807, 2.05) is 12.1 Å². The first-order valence-corrected chi connectivity index (χ1v) is 7.55. The van der Waals surface area contributed by atoms with Crippen LogP contribution in [0, 0.1) is 0 Å². The zero-order chi connectivity index (χ0) is 15.2. The van der Waals surface area contributed by atoms with Crippen LogP contribution in [-0.4, -0.2) is 22.0 Å². The smallest absolute Gasteiger partial charge is 0.309 e. The number of nitrogens with one attached hydrogen (secondary N) is 1. The first-order valence-electron chi connectivity index (χ1n) is 5.94. The fraction of sp³-hybridized carbons (Fsp3) is 0.0714. The largest absolute Gasteiger partial charge is 0.481 e. The lowest BCUT2D eigenvalue weighted by Gasteiger charge is -2.02. The Hall–Kier alpha value is -1.99.